The van der Waals surface area contributed by atoms with E-state index in [1.54, 1.807) is 4.90 Å². The number of nitrogens with zero attached hydrogens (tertiary/aromatic N) is 2. The van der Waals surface area contributed by atoms with Gasteiger partial charge in [-0.15, -0.1) is 0 Å². The van der Waals surface area contributed by atoms with Crippen LogP contribution < -0.4 is 0 Å². The summed E-state index contributed by atoms with van der Waals surface area (Å²) in [6.45, 7) is 16.5. The number of rotatable bonds is 5. The fraction of sp³-hybridized carbons (Fsp3) is 0.903. The van der Waals surface area contributed by atoms with Gasteiger partial charge in [0.05, 0.1) is 6.10 Å². The smallest absolute Gasteiger partial charge is 0.410 e. The van der Waals surface area contributed by atoms with Crippen LogP contribution in [0.2, 0.25) is 0 Å². The molecule has 0 radical (unpaired) electrons. The summed E-state index contributed by atoms with van der Waals surface area (Å²) in [6.07, 6.45) is 2.56. The van der Waals surface area contributed by atoms with Gasteiger partial charge in [-0.1, -0.05) is 27.7 Å². The van der Waals surface area contributed by atoms with E-state index in [0.29, 0.717) is 52.0 Å². The molecule has 228 valence electrons. The lowest BCUT2D eigenvalue weighted by Crippen LogP contribution is -2.65. The van der Waals surface area contributed by atoms with E-state index < -0.39 is 41.2 Å². The number of carbonyl (C=O) groups is 3. The second-order valence-electron chi connectivity index (χ2n) is 14.6. The minimum atomic E-state index is -0.700. The summed E-state index contributed by atoms with van der Waals surface area (Å²) in [6, 6.07) is 0. The number of amides is 1. The molecule has 1 saturated heterocycles. The summed E-state index contributed by atoms with van der Waals surface area (Å²) in [5.41, 5.74) is -2.05. The van der Waals surface area contributed by atoms with Gasteiger partial charge in [-0.2, -0.15) is 0 Å². The molecular formula is C31H52N2O7. The van der Waals surface area contributed by atoms with Gasteiger partial charge in [0.1, 0.15) is 24.1 Å². The summed E-state index contributed by atoms with van der Waals surface area (Å²) in [7, 11) is 0. The van der Waals surface area contributed by atoms with Crippen molar-refractivity contribution in [2.45, 2.75) is 105 Å². The highest BCUT2D eigenvalue weighted by atomic mass is 16.6. The van der Waals surface area contributed by atoms with Crippen molar-refractivity contribution in [3.8, 4) is 0 Å². The molecule has 2 bridgehead atoms. The second kappa shape index (κ2) is 11.2. The number of esters is 1. The molecule has 1 heterocycles. The maximum atomic E-state index is 13.8. The first kappa shape index (κ1) is 31.2. The van der Waals surface area contributed by atoms with Crippen molar-refractivity contribution in [3.63, 3.8) is 0 Å². The monoisotopic (exact) mass is 564 g/mol. The molecule has 40 heavy (non-hydrogen) atoms. The van der Waals surface area contributed by atoms with E-state index in [1.165, 1.54) is 0 Å². The Morgan fingerprint density at radius 2 is 1.75 bits per heavy atom. The first-order valence-corrected chi connectivity index (χ1v) is 15.3. The average Bonchev–Trinajstić information content (AvgIpc) is 3.25. The molecule has 0 aromatic heterocycles. The lowest BCUT2D eigenvalue weighted by atomic mass is 9.43. The molecule has 8 atom stereocenters. The van der Waals surface area contributed by atoms with Crippen LogP contribution in [0.25, 0.3) is 0 Å². The zero-order chi connectivity index (χ0) is 29.7. The number of aliphatic hydroxyl groups excluding tert-OH is 2. The third-order valence-electron chi connectivity index (χ3n) is 11.3. The third kappa shape index (κ3) is 5.42. The maximum Gasteiger partial charge on any atom is 0.410 e. The first-order valence-electron chi connectivity index (χ1n) is 15.3. The molecule has 3 aliphatic carbocycles. The zero-order valence-electron chi connectivity index (χ0n) is 25.7. The van der Waals surface area contributed by atoms with Gasteiger partial charge in [0.15, 0.2) is 0 Å². The summed E-state index contributed by atoms with van der Waals surface area (Å²) >= 11 is 0. The molecule has 3 saturated carbocycles. The van der Waals surface area contributed by atoms with Crippen LogP contribution in [-0.4, -0.2) is 95.0 Å². The van der Waals surface area contributed by atoms with E-state index in [2.05, 4.69) is 32.6 Å². The Morgan fingerprint density at radius 1 is 1.10 bits per heavy atom. The van der Waals surface area contributed by atoms with Gasteiger partial charge in [0.25, 0.3) is 0 Å². The molecule has 4 aliphatic rings. The fourth-order valence-electron chi connectivity index (χ4n) is 8.65. The SMILES string of the molecule is CC[C@@]1(C)C[C@@H](OC(=O)CO)[C@@]2(C)C3C(=O)CCC3(CC[C@H]2C)C(CN2CCN(C(=O)OC(C)(C)C)CC2)C1O. The van der Waals surface area contributed by atoms with Gasteiger partial charge in [-0.3, -0.25) is 9.69 Å². The van der Waals surface area contributed by atoms with E-state index in [0.717, 1.165) is 19.3 Å². The van der Waals surface area contributed by atoms with Gasteiger partial charge < -0.3 is 24.6 Å². The summed E-state index contributed by atoms with van der Waals surface area (Å²) in [5.74, 6) is -0.745. The van der Waals surface area contributed by atoms with Crippen LogP contribution in [-0.2, 0) is 19.1 Å². The van der Waals surface area contributed by atoms with Crippen LogP contribution in [0.4, 0.5) is 4.79 Å². The molecule has 1 aliphatic heterocycles. The number of ether oxygens (including phenoxy) is 2. The second-order valence-corrected chi connectivity index (χ2v) is 14.6. The number of aliphatic hydroxyl groups is 2. The fourth-order valence-corrected chi connectivity index (χ4v) is 8.65. The van der Waals surface area contributed by atoms with Crippen LogP contribution >= 0.6 is 0 Å². The third-order valence-corrected chi connectivity index (χ3v) is 11.3. The lowest BCUT2D eigenvalue weighted by molar-refractivity contribution is -0.217. The van der Waals surface area contributed by atoms with Gasteiger partial charge in [0.2, 0.25) is 0 Å². The number of carbonyl (C=O) groups excluding carboxylic acids is 3. The Morgan fingerprint density at radius 3 is 2.33 bits per heavy atom. The number of ketones is 1. The van der Waals surface area contributed by atoms with E-state index >= 15 is 0 Å². The number of piperazine rings is 1. The minimum absolute atomic E-state index is 0.122. The van der Waals surface area contributed by atoms with Crippen LogP contribution in [0.15, 0.2) is 0 Å². The molecule has 4 fully saturated rings. The summed E-state index contributed by atoms with van der Waals surface area (Å²) in [4.78, 5) is 43.0. The lowest BCUT2D eigenvalue weighted by Gasteiger charge is -2.63. The van der Waals surface area contributed by atoms with Crippen molar-refractivity contribution in [1.29, 1.82) is 0 Å². The van der Waals surface area contributed by atoms with Crippen molar-refractivity contribution in [1.82, 2.24) is 9.80 Å². The highest BCUT2D eigenvalue weighted by molar-refractivity contribution is 5.85. The molecule has 4 rings (SSSR count). The van der Waals surface area contributed by atoms with Crippen LogP contribution in [0.3, 0.4) is 0 Å². The standard InChI is InChI=1S/C31H52N2O7/c1-8-29(6)17-23(39-24(36)19-34)30(7)20(2)9-11-31(12-10-22(35)25(30)31)21(26(29)37)18-32-13-15-33(16-14-32)27(38)40-28(3,4)5/h20-21,23,25-26,34,37H,8-19H2,1-7H3/t20-,21?,23-,25?,26?,29+,30+,31?/m1/s1. The van der Waals surface area contributed by atoms with Crippen LogP contribution in [0.1, 0.15) is 87.0 Å². The van der Waals surface area contributed by atoms with E-state index in [-0.39, 0.29) is 35.0 Å². The quantitative estimate of drug-likeness (QED) is 0.486. The Balaban J connectivity index is 1.67. The van der Waals surface area contributed by atoms with Crippen molar-refractivity contribution in [2.24, 2.45) is 34.0 Å². The Kier molecular flexibility index (Phi) is 8.73. The first-order chi connectivity index (χ1) is 18.6. The molecule has 9 nitrogen and oxygen atoms in total. The van der Waals surface area contributed by atoms with Crippen LogP contribution in [0, 0.1) is 34.0 Å². The zero-order valence-corrected chi connectivity index (χ0v) is 25.7. The van der Waals surface area contributed by atoms with Gasteiger partial charge in [0, 0.05) is 56.4 Å². The molecule has 4 unspecified atom stereocenters. The predicted octanol–water partition coefficient (Wildman–Crippen LogP) is 3.64. The molecular weight excluding hydrogens is 512 g/mol. The summed E-state index contributed by atoms with van der Waals surface area (Å²) in [5, 5.41) is 21.8. The Bertz CT molecular complexity index is 973. The minimum Gasteiger partial charge on any atom is -0.460 e. The predicted molar refractivity (Wildman–Crippen MR) is 150 cm³/mol. The largest absolute Gasteiger partial charge is 0.460 e. The highest BCUT2D eigenvalue weighted by Gasteiger charge is 2.69. The molecule has 0 aromatic rings. The normalized spacial score (nSPS) is 40.7. The average molecular weight is 565 g/mol. The Hall–Kier alpha value is -1.71. The van der Waals surface area contributed by atoms with Gasteiger partial charge >= 0.3 is 12.1 Å². The highest BCUT2D eigenvalue weighted by Crippen LogP contribution is 2.68. The van der Waals surface area contributed by atoms with Gasteiger partial charge in [-0.05, 0) is 69.6 Å². The van der Waals surface area contributed by atoms with E-state index in [4.69, 9.17) is 9.47 Å². The molecule has 0 spiro atoms. The number of hydrogen-bond donors (Lipinski definition) is 2. The van der Waals surface area contributed by atoms with Crippen molar-refractivity contribution in [3.05, 3.63) is 0 Å². The maximum absolute atomic E-state index is 13.8. The van der Waals surface area contributed by atoms with Crippen molar-refractivity contribution < 1.29 is 34.1 Å². The number of Topliss-reactive ketones (excluding diaryl/α,β-unsaturated/α-hetero) is 1. The Labute approximate surface area is 239 Å². The van der Waals surface area contributed by atoms with Crippen molar-refractivity contribution in [2.75, 3.05) is 39.3 Å². The van der Waals surface area contributed by atoms with Gasteiger partial charge in [-0.25, -0.2) is 9.59 Å². The molecule has 0 aromatic carbocycles. The molecule has 2 N–H and O–H groups in total. The summed E-state index contributed by atoms with van der Waals surface area (Å²) < 4.78 is 11.6. The molecule has 9 heteroatoms. The topological polar surface area (TPSA) is 117 Å². The van der Waals surface area contributed by atoms with Crippen molar-refractivity contribution >= 4 is 17.8 Å². The molecule has 1 amide bonds. The van der Waals surface area contributed by atoms with Crippen LogP contribution in [0.5, 0.6) is 0 Å². The van der Waals surface area contributed by atoms with E-state index in [9.17, 15) is 24.6 Å². The van der Waals surface area contributed by atoms with E-state index in [1.807, 2.05) is 20.8 Å². The number of hydrogen-bond acceptors (Lipinski definition) is 8.